The lowest BCUT2D eigenvalue weighted by Crippen LogP contribution is -2.08. The van der Waals surface area contributed by atoms with Crippen molar-refractivity contribution in [3.05, 3.63) is 23.8 Å². The minimum atomic E-state index is -0.392. The average molecular weight is 252 g/mol. The Morgan fingerprint density at radius 3 is 2.72 bits per heavy atom. The van der Waals surface area contributed by atoms with E-state index in [2.05, 4.69) is 13.8 Å². The van der Waals surface area contributed by atoms with Gasteiger partial charge in [-0.2, -0.15) is 0 Å². The van der Waals surface area contributed by atoms with Crippen molar-refractivity contribution in [2.24, 2.45) is 5.92 Å². The molecule has 4 heteroatoms. The van der Waals surface area contributed by atoms with Gasteiger partial charge >= 0.3 is 5.97 Å². The van der Waals surface area contributed by atoms with Gasteiger partial charge in [-0.15, -0.1) is 0 Å². The molecule has 0 amide bonds. The molecule has 0 saturated carbocycles. The molecule has 0 aliphatic carbocycles. The number of aromatic hydroxyl groups is 1. The van der Waals surface area contributed by atoms with Crippen LogP contribution in [0.4, 0.5) is 0 Å². The molecule has 0 bridgehead atoms. The van der Waals surface area contributed by atoms with Crippen LogP contribution in [0, 0.1) is 5.92 Å². The second kappa shape index (κ2) is 6.89. The summed E-state index contributed by atoms with van der Waals surface area (Å²) in [6.07, 6.45) is 0.835. The Balaban J connectivity index is 2.65. The van der Waals surface area contributed by atoms with E-state index in [9.17, 15) is 9.90 Å². The van der Waals surface area contributed by atoms with E-state index >= 15 is 0 Å². The number of hydrogen-bond donors (Lipinski definition) is 1. The Kier molecular flexibility index (Phi) is 5.49. The second-order valence-corrected chi connectivity index (χ2v) is 4.43. The molecule has 0 aliphatic rings. The van der Waals surface area contributed by atoms with E-state index in [4.69, 9.17) is 9.47 Å². The van der Waals surface area contributed by atoms with Crippen molar-refractivity contribution in [1.29, 1.82) is 0 Å². The molecule has 0 atom stereocenters. The first kappa shape index (κ1) is 14.4. The van der Waals surface area contributed by atoms with Gasteiger partial charge in [-0.05, 0) is 37.5 Å². The summed E-state index contributed by atoms with van der Waals surface area (Å²) in [6, 6.07) is 4.45. The van der Waals surface area contributed by atoms with Crippen LogP contribution in [0.25, 0.3) is 0 Å². The van der Waals surface area contributed by atoms with E-state index in [0.717, 1.165) is 6.42 Å². The third-order valence-corrected chi connectivity index (χ3v) is 2.42. The Labute approximate surface area is 108 Å². The van der Waals surface area contributed by atoms with E-state index in [-0.39, 0.29) is 5.75 Å². The minimum absolute atomic E-state index is 0.0237. The van der Waals surface area contributed by atoms with Crippen molar-refractivity contribution >= 4 is 5.97 Å². The minimum Gasteiger partial charge on any atom is -0.504 e. The van der Waals surface area contributed by atoms with Gasteiger partial charge < -0.3 is 14.6 Å². The molecule has 0 heterocycles. The summed E-state index contributed by atoms with van der Waals surface area (Å²) in [5.74, 6) is 0.430. The quantitative estimate of drug-likeness (QED) is 0.791. The maximum atomic E-state index is 11.7. The van der Waals surface area contributed by atoms with Crippen molar-refractivity contribution < 1.29 is 19.4 Å². The maximum Gasteiger partial charge on any atom is 0.338 e. The number of benzene rings is 1. The van der Waals surface area contributed by atoms with Crippen LogP contribution in [0.3, 0.4) is 0 Å². The van der Waals surface area contributed by atoms with Gasteiger partial charge in [0, 0.05) is 0 Å². The van der Waals surface area contributed by atoms with Gasteiger partial charge in [0.05, 0.1) is 18.8 Å². The normalized spacial score (nSPS) is 10.4. The molecular formula is C14H20O4. The fraction of sp³-hybridized carbons (Fsp3) is 0.500. The first-order chi connectivity index (χ1) is 8.54. The number of ether oxygens (including phenoxy) is 2. The first-order valence-electron chi connectivity index (χ1n) is 6.17. The zero-order valence-corrected chi connectivity index (χ0v) is 11.1. The Morgan fingerprint density at radius 1 is 1.39 bits per heavy atom. The summed E-state index contributed by atoms with van der Waals surface area (Å²) in [5, 5.41) is 9.52. The van der Waals surface area contributed by atoms with Crippen LogP contribution < -0.4 is 4.74 Å². The lowest BCUT2D eigenvalue weighted by atomic mass is 10.1. The van der Waals surface area contributed by atoms with Gasteiger partial charge in [-0.1, -0.05) is 13.8 Å². The van der Waals surface area contributed by atoms with E-state index in [1.807, 2.05) is 6.92 Å². The number of phenolic OH excluding ortho intramolecular Hbond substituents is 1. The highest BCUT2D eigenvalue weighted by Gasteiger charge is 2.11. The van der Waals surface area contributed by atoms with Crippen molar-refractivity contribution in [3.8, 4) is 11.5 Å². The molecule has 1 N–H and O–H groups in total. The predicted octanol–water partition coefficient (Wildman–Crippen LogP) is 2.99. The maximum absolute atomic E-state index is 11.7. The fourth-order valence-corrected chi connectivity index (χ4v) is 1.38. The summed E-state index contributed by atoms with van der Waals surface area (Å²) < 4.78 is 10.3. The zero-order chi connectivity index (χ0) is 13.5. The predicted molar refractivity (Wildman–Crippen MR) is 69.0 cm³/mol. The molecule has 0 aromatic heterocycles. The molecular weight excluding hydrogens is 232 g/mol. The number of carbonyl (C=O) groups excluding carboxylic acids is 1. The largest absolute Gasteiger partial charge is 0.504 e. The Morgan fingerprint density at radius 2 is 2.11 bits per heavy atom. The molecule has 18 heavy (non-hydrogen) atoms. The SMILES string of the molecule is CCOc1cc(C(=O)OCCC(C)C)ccc1O. The van der Waals surface area contributed by atoms with Crippen LogP contribution in [0.15, 0.2) is 18.2 Å². The van der Waals surface area contributed by atoms with Gasteiger partial charge in [0.2, 0.25) is 0 Å². The number of esters is 1. The number of carbonyl (C=O) groups is 1. The van der Waals surface area contributed by atoms with Crippen LogP contribution in [-0.2, 0) is 4.74 Å². The standard InChI is InChI=1S/C14H20O4/c1-4-17-13-9-11(5-6-12(13)15)14(16)18-8-7-10(2)3/h5-6,9-10,15H,4,7-8H2,1-3H3. The van der Waals surface area contributed by atoms with Crippen molar-refractivity contribution in [2.45, 2.75) is 27.2 Å². The van der Waals surface area contributed by atoms with Gasteiger partial charge in [0.15, 0.2) is 11.5 Å². The van der Waals surface area contributed by atoms with E-state index < -0.39 is 5.97 Å². The molecule has 0 fully saturated rings. The fourth-order valence-electron chi connectivity index (χ4n) is 1.38. The first-order valence-corrected chi connectivity index (χ1v) is 6.17. The van der Waals surface area contributed by atoms with Gasteiger partial charge in [-0.25, -0.2) is 4.79 Å². The van der Waals surface area contributed by atoms with Gasteiger partial charge in [-0.3, -0.25) is 0 Å². The summed E-state index contributed by atoms with van der Waals surface area (Å²) in [4.78, 5) is 11.7. The molecule has 0 radical (unpaired) electrons. The number of hydrogen-bond acceptors (Lipinski definition) is 4. The Hall–Kier alpha value is -1.71. The molecule has 0 aliphatic heterocycles. The smallest absolute Gasteiger partial charge is 0.338 e. The second-order valence-electron chi connectivity index (χ2n) is 4.43. The third-order valence-electron chi connectivity index (χ3n) is 2.42. The molecule has 1 aromatic rings. The number of rotatable bonds is 6. The highest BCUT2D eigenvalue weighted by molar-refractivity contribution is 5.90. The average Bonchev–Trinajstić information content (AvgIpc) is 2.31. The van der Waals surface area contributed by atoms with Crippen LogP contribution >= 0.6 is 0 Å². The van der Waals surface area contributed by atoms with Gasteiger partial charge in [0.1, 0.15) is 0 Å². The van der Waals surface area contributed by atoms with E-state index in [1.54, 1.807) is 0 Å². The van der Waals surface area contributed by atoms with Crippen LogP contribution in [0.1, 0.15) is 37.6 Å². The van der Waals surface area contributed by atoms with Crippen LogP contribution in [0.5, 0.6) is 11.5 Å². The molecule has 0 spiro atoms. The van der Waals surface area contributed by atoms with Crippen LogP contribution in [0.2, 0.25) is 0 Å². The molecule has 1 rings (SSSR count). The molecule has 0 unspecified atom stereocenters. The van der Waals surface area contributed by atoms with Crippen molar-refractivity contribution in [2.75, 3.05) is 13.2 Å². The van der Waals surface area contributed by atoms with E-state index in [1.165, 1.54) is 18.2 Å². The zero-order valence-electron chi connectivity index (χ0n) is 11.1. The molecule has 100 valence electrons. The van der Waals surface area contributed by atoms with E-state index in [0.29, 0.717) is 30.4 Å². The highest BCUT2D eigenvalue weighted by Crippen LogP contribution is 2.27. The van der Waals surface area contributed by atoms with Crippen molar-refractivity contribution in [1.82, 2.24) is 0 Å². The van der Waals surface area contributed by atoms with Gasteiger partial charge in [0.25, 0.3) is 0 Å². The molecule has 1 aromatic carbocycles. The Bertz CT molecular complexity index is 399. The summed E-state index contributed by atoms with van der Waals surface area (Å²) >= 11 is 0. The topological polar surface area (TPSA) is 55.8 Å². The molecule has 4 nitrogen and oxygen atoms in total. The lowest BCUT2D eigenvalue weighted by molar-refractivity contribution is 0.0487. The number of phenols is 1. The summed E-state index contributed by atoms with van der Waals surface area (Å²) in [6.45, 7) is 6.79. The summed E-state index contributed by atoms with van der Waals surface area (Å²) in [7, 11) is 0. The molecule has 0 saturated heterocycles. The monoisotopic (exact) mass is 252 g/mol. The summed E-state index contributed by atoms with van der Waals surface area (Å²) in [5.41, 5.74) is 0.389. The highest BCUT2D eigenvalue weighted by atomic mass is 16.5. The van der Waals surface area contributed by atoms with Crippen molar-refractivity contribution in [3.63, 3.8) is 0 Å². The lowest BCUT2D eigenvalue weighted by Gasteiger charge is -2.09. The third kappa shape index (κ3) is 4.28. The van der Waals surface area contributed by atoms with Crippen LogP contribution in [-0.4, -0.2) is 24.3 Å².